The average Bonchev–Trinajstić information content (AvgIpc) is 2.77. The number of ether oxygens (including phenoxy) is 1. The van der Waals surface area contributed by atoms with Gasteiger partial charge in [0.2, 0.25) is 11.4 Å². The number of hydrogen-bond donors (Lipinski definition) is 0. The zero-order valence-electron chi connectivity index (χ0n) is 18.2. The summed E-state index contributed by atoms with van der Waals surface area (Å²) in [6.07, 6.45) is 13.1. The monoisotopic (exact) mass is 397 g/mol. The number of aromatic nitrogens is 2. The van der Waals surface area contributed by atoms with Gasteiger partial charge in [0.1, 0.15) is 5.69 Å². The zero-order valence-corrected chi connectivity index (χ0v) is 18.2. The Labute approximate surface area is 176 Å². The third kappa shape index (κ3) is 8.76. The van der Waals surface area contributed by atoms with Gasteiger partial charge >= 0.3 is 5.97 Å². The highest BCUT2D eigenvalue weighted by Gasteiger charge is 2.16. The Morgan fingerprint density at radius 2 is 1.55 bits per heavy atom. The molecule has 4 nitrogen and oxygen atoms in total. The van der Waals surface area contributed by atoms with Crippen molar-refractivity contribution in [3.05, 3.63) is 53.9 Å². The van der Waals surface area contributed by atoms with Crippen molar-refractivity contribution in [2.45, 2.75) is 84.0 Å². The predicted molar refractivity (Wildman–Crippen MR) is 117 cm³/mol. The minimum atomic E-state index is -0.102. The summed E-state index contributed by atoms with van der Waals surface area (Å²) in [5.41, 5.74) is 3.59. The van der Waals surface area contributed by atoms with Gasteiger partial charge in [0, 0.05) is 36.1 Å². The summed E-state index contributed by atoms with van der Waals surface area (Å²) in [5, 5.41) is 4.97. The predicted octanol–water partition coefficient (Wildman–Crippen LogP) is 5.54. The number of unbranched alkanes of at least 4 members (excludes halogenated alkanes) is 7. The molecule has 0 aliphatic heterocycles. The van der Waals surface area contributed by atoms with Gasteiger partial charge in [-0.2, -0.15) is 0 Å². The Morgan fingerprint density at radius 3 is 2.31 bits per heavy atom. The van der Waals surface area contributed by atoms with Gasteiger partial charge in [0.25, 0.3) is 0 Å². The van der Waals surface area contributed by atoms with Gasteiger partial charge < -0.3 is 4.74 Å². The Hall–Kier alpha value is -2.23. The highest BCUT2D eigenvalue weighted by atomic mass is 16.5. The van der Waals surface area contributed by atoms with Crippen molar-refractivity contribution < 1.29 is 14.2 Å². The molecule has 1 aromatic heterocycles. The molecule has 1 aromatic carbocycles. The van der Waals surface area contributed by atoms with Gasteiger partial charge in [-0.1, -0.05) is 63.6 Å². The van der Waals surface area contributed by atoms with Crippen molar-refractivity contribution in [1.82, 2.24) is 5.10 Å². The molecule has 4 heteroatoms. The van der Waals surface area contributed by atoms with Crippen molar-refractivity contribution in [2.24, 2.45) is 0 Å². The second kappa shape index (κ2) is 13.9. The van der Waals surface area contributed by atoms with E-state index in [4.69, 9.17) is 5.10 Å². The molecule has 0 bridgehead atoms. The minimum absolute atomic E-state index is 0.102. The van der Waals surface area contributed by atoms with E-state index in [2.05, 4.69) is 58.8 Å². The van der Waals surface area contributed by atoms with Gasteiger partial charge in [-0.05, 0) is 36.4 Å². The molecule has 2 rings (SSSR count). The molecule has 0 aliphatic carbocycles. The molecule has 0 aliphatic rings. The summed E-state index contributed by atoms with van der Waals surface area (Å²) >= 11 is 0. The molecule has 0 saturated carbocycles. The molecule has 0 N–H and O–H groups in total. The van der Waals surface area contributed by atoms with Crippen LogP contribution in [0.4, 0.5) is 0 Å². The second-order valence-corrected chi connectivity index (χ2v) is 7.72. The van der Waals surface area contributed by atoms with Crippen LogP contribution in [0.15, 0.2) is 42.5 Å². The van der Waals surface area contributed by atoms with Crippen LogP contribution in [0.25, 0.3) is 5.69 Å². The Morgan fingerprint density at radius 1 is 0.862 bits per heavy atom. The number of aryl methyl sites for hydroxylation is 2. The quantitative estimate of drug-likeness (QED) is 0.239. The lowest BCUT2D eigenvalue weighted by molar-refractivity contribution is -0.668. The highest BCUT2D eigenvalue weighted by molar-refractivity contribution is 5.68. The highest BCUT2D eigenvalue weighted by Crippen LogP contribution is 2.11. The van der Waals surface area contributed by atoms with E-state index >= 15 is 0 Å². The van der Waals surface area contributed by atoms with E-state index in [9.17, 15) is 4.79 Å². The first-order chi connectivity index (χ1) is 14.2. The lowest BCUT2D eigenvalue weighted by Crippen LogP contribution is -2.40. The number of rotatable bonds is 14. The molecular weight excluding hydrogens is 360 g/mol. The van der Waals surface area contributed by atoms with Gasteiger partial charge in [0.05, 0.1) is 7.11 Å². The molecule has 1 heterocycles. The molecular formula is C25H37N2O2+. The van der Waals surface area contributed by atoms with Crippen molar-refractivity contribution in [1.29, 1.82) is 0 Å². The fourth-order valence-electron chi connectivity index (χ4n) is 3.55. The SMILES string of the molecule is CCCCCCc1ccc(CCCCCCCC(=O)OC)n[n+]1-c1ccccc1. The number of carbonyl (C=O) groups excluding carboxylic acids is 1. The van der Waals surface area contributed by atoms with Crippen molar-refractivity contribution in [3.63, 3.8) is 0 Å². The molecule has 158 valence electrons. The van der Waals surface area contributed by atoms with E-state index in [1.807, 2.05) is 0 Å². The molecule has 29 heavy (non-hydrogen) atoms. The van der Waals surface area contributed by atoms with E-state index < -0.39 is 0 Å². The van der Waals surface area contributed by atoms with Crippen LogP contribution in [-0.4, -0.2) is 18.2 Å². The maximum atomic E-state index is 11.1. The van der Waals surface area contributed by atoms with E-state index in [1.54, 1.807) is 0 Å². The number of methoxy groups -OCH3 is 1. The standard InChI is InChI=1S/C25H37N2O2/c1-3-4-5-11-18-24-21-20-22(26-27(24)23-16-12-9-13-17-23)15-10-7-6-8-14-19-25(28)29-2/h9,12-13,16-17,20-21H,3-8,10-11,14-15,18-19H2,1-2H3/q+1. The first-order valence-electron chi connectivity index (χ1n) is 11.3. The Bertz CT molecular complexity index is 716. The third-order valence-electron chi connectivity index (χ3n) is 5.30. The van der Waals surface area contributed by atoms with E-state index in [-0.39, 0.29) is 5.97 Å². The molecule has 0 saturated heterocycles. The van der Waals surface area contributed by atoms with Gasteiger partial charge in [-0.25, -0.2) is 0 Å². The lowest BCUT2D eigenvalue weighted by Gasteiger charge is -2.05. The summed E-state index contributed by atoms with van der Waals surface area (Å²) in [6.45, 7) is 2.25. The van der Waals surface area contributed by atoms with Crippen molar-refractivity contribution in [2.75, 3.05) is 7.11 Å². The maximum Gasteiger partial charge on any atom is 0.305 e. The summed E-state index contributed by atoms with van der Waals surface area (Å²) in [5.74, 6) is -0.102. The summed E-state index contributed by atoms with van der Waals surface area (Å²) in [6, 6.07) is 14.9. The van der Waals surface area contributed by atoms with Gasteiger partial charge in [-0.15, -0.1) is 0 Å². The molecule has 0 unspecified atom stereocenters. The number of esters is 1. The van der Waals surface area contributed by atoms with Crippen LogP contribution in [0.2, 0.25) is 0 Å². The average molecular weight is 398 g/mol. The van der Waals surface area contributed by atoms with Crippen molar-refractivity contribution >= 4 is 5.97 Å². The molecule has 2 aromatic rings. The number of nitrogens with zero attached hydrogens (tertiary/aromatic N) is 2. The Kier molecular flexibility index (Phi) is 11.0. The molecule has 0 fully saturated rings. The minimum Gasteiger partial charge on any atom is -0.469 e. The van der Waals surface area contributed by atoms with Gasteiger partial charge in [0.15, 0.2) is 0 Å². The largest absolute Gasteiger partial charge is 0.469 e. The fourth-order valence-corrected chi connectivity index (χ4v) is 3.55. The smallest absolute Gasteiger partial charge is 0.305 e. The number of para-hydroxylation sites is 1. The second-order valence-electron chi connectivity index (χ2n) is 7.72. The first kappa shape index (κ1) is 23.1. The third-order valence-corrected chi connectivity index (χ3v) is 5.30. The molecule has 0 spiro atoms. The van der Waals surface area contributed by atoms with E-state index in [0.717, 1.165) is 49.9 Å². The molecule has 0 atom stereocenters. The fraction of sp³-hybridized carbons (Fsp3) is 0.560. The van der Waals surface area contributed by atoms with Crippen LogP contribution < -0.4 is 4.68 Å². The summed E-state index contributed by atoms with van der Waals surface area (Å²) in [7, 11) is 1.45. The zero-order chi connectivity index (χ0) is 20.7. The topological polar surface area (TPSA) is 43.1 Å². The van der Waals surface area contributed by atoms with Crippen molar-refractivity contribution in [3.8, 4) is 5.69 Å². The maximum absolute atomic E-state index is 11.1. The summed E-state index contributed by atoms with van der Waals surface area (Å²) < 4.78 is 6.82. The number of hydrogen-bond acceptors (Lipinski definition) is 3. The van der Waals surface area contributed by atoms with E-state index in [1.165, 1.54) is 44.9 Å². The number of carbonyl (C=O) groups is 1. The van der Waals surface area contributed by atoms with Crippen LogP contribution in [-0.2, 0) is 22.4 Å². The van der Waals surface area contributed by atoms with Crippen LogP contribution in [0.3, 0.4) is 0 Å². The summed E-state index contributed by atoms with van der Waals surface area (Å²) in [4.78, 5) is 11.1. The van der Waals surface area contributed by atoms with Crippen LogP contribution in [0, 0.1) is 0 Å². The normalized spacial score (nSPS) is 10.8. The first-order valence-corrected chi connectivity index (χ1v) is 11.3. The number of benzene rings is 1. The molecule has 0 amide bonds. The lowest BCUT2D eigenvalue weighted by atomic mass is 10.1. The molecule has 0 radical (unpaired) electrons. The van der Waals surface area contributed by atoms with Gasteiger partial charge in [-0.3, -0.25) is 4.79 Å². The van der Waals surface area contributed by atoms with Crippen LogP contribution >= 0.6 is 0 Å². The van der Waals surface area contributed by atoms with Crippen LogP contribution in [0.5, 0.6) is 0 Å². The Balaban J connectivity index is 1.88. The van der Waals surface area contributed by atoms with E-state index in [0.29, 0.717) is 6.42 Å². The van der Waals surface area contributed by atoms with Crippen LogP contribution in [0.1, 0.15) is 82.5 Å².